The SMILES string of the molecule is CCCCCCCCCCCCCCCCCC(=O)[O-].CCCCCCCCCCCCCCCCCC(=O)[O-].CCCCCCCCCCCCCCCCCC(=O)[O-].CCCCCCCCCCCCCCCCCC(=O)[O-].[Ce+3].[K+]. The van der Waals surface area contributed by atoms with Gasteiger partial charge in [0.25, 0.3) is 0 Å². The van der Waals surface area contributed by atoms with Crippen molar-refractivity contribution in [3.05, 3.63) is 0 Å². The zero-order valence-electron chi connectivity index (χ0n) is 56.0. The Labute approximate surface area is 588 Å². The van der Waals surface area contributed by atoms with Crippen LogP contribution in [0.25, 0.3) is 0 Å². The predicted octanol–water partition coefficient (Wildman–Crippen LogP) is 17.0. The van der Waals surface area contributed by atoms with Gasteiger partial charge in [-0.25, -0.2) is 0 Å². The second kappa shape index (κ2) is 90.6. The predicted molar refractivity (Wildman–Crippen MR) is 338 cm³/mol. The van der Waals surface area contributed by atoms with Gasteiger partial charge in [-0.05, 0) is 51.4 Å². The summed E-state index contributed by atoms with van der Waals surface area (Å²) in [6.07, 6.45) is 79.4. The molecule has 0 aromatic rings. The second-order valence-electron chi connectivity index (χ2n) is 24.3. The molecule has 0 saturated heterocycles. The average molecular weight is 1310 g/mol. The number of unbranched alkanes of at least 4 members (excludes halogenated alkanes) is 56. The van der Waals surface area contributed by atoms with Crippen LogP contribution in [-0.2, 0) is 19.2 Å². The number of carbonyl (C=O) groups is 4. The molecule has 481 valence electrons. The van der Waals surface area contributed by atoms with Crippen molar-refractivity contribution in [3.8, 4) is 0 Å². The van der Waals surface area contributed by atoms with Crippen LogP contribution in [0.5, 0.6) is 0 Å². The van der Waals surface area contributed by atoms with E-state index >= 15 is 0 Å². The van der Waals surface area contributed by atoms with Gasteiger partial charge in [0.05, 0.1) is 0 Å². The molecule has 0 fully saturated rings. The number of hydrogen-bond donors (Lipinski definition) is 0. The van der Waals surface area contributed by atoms with Gasteiger partial charge >= 0.3 is 93.1 Å². The maximum atomic E-state index is 10.2. The van der Waals surface area contributed by atoms with Crippen LogP contribution in [0.1, 0.15) is 439 Å². The van der Waals surface area contributed by atoms with Crippen LogP contribution in [0.2, 0.25) is 0 Å². The molecule has 8 nitrogen and oxygen atoms in total. The number of carboxylic acids is 4. The molecule has 0 aliphatic carbocycles. The Morgan fingerprint density at radius 1 is 0.171 bits per heavy atom. The summed E-state index contributed by atoms with van der Waals surface area (Å²) in [6, 6.07) is 0. The van der Waals surface area contributed by atoms with E-state index < -0.39 is 23.9 Å². The van der Waals surface area contributed by atoms with Gasteiger partial charge in [-0.15, -0.1) is 0 Å². The Morgan fingerprint density at radius 2 is 0.244 bits per heavy atom. The maximum absolute atomic E-state index is 10.2. The minimum absolute atomic E-state index is 0. The van der Waals surface area contributed by atoms with Gasteiger partial charge in [0.15, 0.2) is 0 Å². The molecule has 0 aromatic carbocycles. The number of rotatable bonds is 64. The van der Waals surface area contributed by atoms with Gasteiger partial charge in [0.1, 0.15) is 0 Å². The largest absolute Gasteiger partial charge is 3.00 e. The normalized spacial score (nSPS) is 10.6. The van der Waals surface area contributed by atoms with Crippen molar-refractivity contribution in [2.45, 2.75) is 439 Å². The molecule has 82 heavy (non-hydrogen) atoms. The van der Waals surface area contributed by atoms with E-state index in [9.17, 15) is 39.6 Å². The Bertz CT molecular complexity index is 998. The minimum Gasteiger partial charge on any atom is -0.550 e. The summed E-state index contributed by atoms with van der Waals surface area (Å²) in [5, 5.41) is 40.9. The van der Waals surface area contributed by atoms with Crippen molar-refractivity contribution < 1.29 is 133 Å². The van der Waals surface area contributed by atoms with E-state index in [4.69, 9.17) is 0 Å². The van der Waals surface area contributed by atoms with Crippen molar-refractivity contribution >= 4 is 23.9 Å². The van der Waals surface area contributed by atoms with E-state index in [2.05, 4.69) is 27.7 Å². The van der Waals surface area contributed by atoms with Gasteiger partial charge < -0.3 is 39.6 Å². The average Bonchev–Trinajstić information content (AvgIpc) is 3.43. The van der Waals surface area contributed by atoms with Gasteiger partial charge in [-0.1, -0.05) is 387 Å². The Kier molecular flexibility index (Phi) is 104. The molecule has 1 radical (unpaired) electrons. The molecule has 0 rings (SSSR count). The third-order valence-corrected chi connectivity index (χ3v) is 15.9. The van der Waals surface area contributed by atoms with E-state index in [1.54, 1.807) is 0 Å². The van der Waals surface area contributed by atoms with Crippen molar-refractivity contribution in [1.82, 2.24) is 0 Å². The van der Waals surface area contributed by atoms with Crippen LogP contribution in [0.4, 0.5) is 0 Å². The van der Waals surface area contributed by atoms with Gasteiger partial charge in [-0.2, -0.15) is 0 Å². The quantitative estimate of drug-likeness (QED) is 0.0430. The van der Waals surface area contributed by atoms with Crippen LogP contribution in [-0.4, -0.2) is 23.9 Å². The minimum atomic E-state index is -0.903. The van der Waals surface area contributed by atoms with Crippen molar-refractivity contribution in [2.75, 3.05) is 0 Å². The molecule has 0 aromatic heterocycles. The first-order valence-electron chi connectivity index (χ1n) is 35.9. The molecule has 0 amide bonds. The standard InChI is InChI=1S/4C18H36O2.Ce.K/c4*1-2-3-4-5-6-7-8-9-10-11-12-13-14-15-16-17-18(19)20;;/h4*2-17H2,1H3,(H,19,20);;/q;;;;+3;+1/p-4. The maximum Gasteiger partial charge on any atom is 3.00 e. The third-order valence-electron chi connectivity index (χ3n) is 15.9. The molecule has 0 atom stereocenters. The molecule has 0 aliphatic heterocycles. The fraction of sp³-hybridized carbons (Fsp3) is 0.944. The van der Waals surface area contributed by atoms with Crippen molar-refractivity contribution in [1.29, 1.82) is 0 Å². The summed E-state index contributed by atoms with van der Waals surface area (Å²) in [5.41, 5.74) is 0. The second-order valence-corrected chi connectivity index (χ2v) is 24.3. The molecule has 0 spiro atoms. The number of hydrogen-bond acceptors (Lipinski definition) is 8. The van der Waals surface area contributed by atoms with Crippen molar-refractivity contribution in [3.63, 3.8) is 0 Å². The molecule has 0 N–H and O–H groups in total. The summed E-state index contributed by atoms with van der Waals surface area (Å²) < 4.78 is 0. The molecule has 0 heterocycles. The zero-order valence-corrected chi connectivity index (χ0v) is 62.3. The fourth-order valence-corrected chi connectivity index (χ4v) is 10.6. The van der Waals surface area contributed by atoms with Crippen LogP contribution >= 0.6 is 0 Å². The Balaban J connectivity index is -0.000000233. The van der Waals surface area contributed by atoms with E-state index in [-0.39, 0.29) is 119 Å². The van der Waals surface area contributed by atoms with Crippen molar-refractivity contribution in [2.24, 2.45) is 0 Å². The zero-order chi connectivity index (χ0) is 59.6. The molecular weight excluding hydrogens is 1170 g/mol. The molecule has 0 aliphatic rings. The first kappa shape index (κ1) is 94.0. The summed E-state index contributed by atoms with van der Waals surface area (Å²) in [6.45, 7) is 9.07. The number of aliphatic carboxylic acids is 4. The molecule has 0 saturated carbocycles. The van der Waals surface area contributed by atoms with E-state index in [1.165, 1.54) is 334 Å². The summed E-state index contributed by atoms with van der Waals surface area (Å²) in [4.78, 5) is 40.9. The van der Waals surface area contributed by atoms with Gasteiger partial charge in [0, 0.05) is 23.9 Å². The van der Waals surface area contributed by atoms with E-state index in [1.807, 2.05) is 0 Å². The summed E-state index contributed by atoms with van der Waals surface area (Å²) in [7, 11) is 0. The summed E-state index contributed by atoms with van der Waals surface area (Å²) in [5.74, 6) is -3.61. The fourth-order valence-electron chi connectivity index (χ4n) is 10.6. The molecule has 0 unspecified atom stereocenters. The van der Waals surface area contributed by atoms with E-state index in [0.717, 1.165) is 51.4 Å². The van der Waals surface area contributed by atoms with Crippen LogP contribution in [0.3, 0.4) is 0 Å². The number of carbonyl (C=O) groups excluding carboxylic acids is 4. The first-order valence-corrected chi connectivity index (χ1v) is 35.9. The van der Waals surface area contributed by atoms with Crippen LogP contribution in [0.15, 0.2) is 0 Å². The van der Waals surface area contributed by atoms with Gasteiger partial charge in [-0.3, -0.25) is 0 Å². The smallest absolute Gasteiger partial charge is 0.550 e. The summed E-state index contributed by atoms with van der Waals surface area (Å²) >= 11 is 0. The number of carboxylic acid groups (broad SMARTS) is 4. The first-order chi connectivity index (χ1) is 39.1. The molecule has 10 heteroatoms. The van der Waals surface area contributed by atoms with Gasteiger partial charge in [0.2, 0.25) is 0 Å². The topological polar surface area (TPSA) is 161 Å². The van der Waals surface area contributed by atoms with Crippen LogP contribution in [0, 0.1) is 41.7 Å². The molecular formula is C72H140CeKO8. The third kappa shape index (κ3) is 109. The van der Waals surface area contributed by atoms with Crippen LogP contribution < -0.4 is 71.8 Å². The van der Waals surface area contributed by atoms with E-state index in [0.29, 0.717) is 0 Å². The Hall–Kier alpha value is 0.893. The Morgan fingerprint density at radius 3 is 0.317 bits per heavy atom. The monoisotopic (exact) mass is 1310 g/mol. The molecule has 0 bridgehead atoms.